The SMILES string of the molecule is CCOCC(CNC)Oc1cc(OC)c(N)cc1C. The highest BCUT2D eigenvalue weighted by molar-refractivity contribution is 5.58. The Hall–Kier alpha value is -1.46. The van der Waals surface area contributed by atoms with Crippen LogP contribution in [-0.2, 0) is 4.74 Å². The number of likely N-dealkylation sites (N-methyl/N-ethyl adjacent to an activating group) is 1. The van der Waals surface area contributed by atoms with E-state index in [0.29, 0.717) is 31.2 Å². The van der Waals surface area contributed by atoms with Crippen LogP contribution in [0.5, 0.6) is 11.5 Å². The molecule has 0 saturated heterocycles. The van der Waals surface area contributed by atoms with Crippen molar-refractivity contribution in [3.05, 3.63) is 17.7 Å². The number of rotatable bonds is 8. The van der Waals surface area contributed by atoms with Crippen molar-refractivity contribution in [1.29, 1.82) is 0 Å². The normalized spacial score (nSPS) is 12.2. The maximum Gasteiger partial charge on any atom is 0.145 e. The molecule has 5 nitrogen and oxygen atoms in total. The Labute approximate surface area is 115 Å². The molecule has 0 aliphatic carbocycles. The lowest BCUT2D eigenvalue weighted by Crippen LogP contribution is -2.33. The summed E-state index contributed by atoms with van der Waals surface area (Å²) in [7, 11) is 3.48. The molecule has 0 bridgehead atoms. The topological polar surface area (TPSA) is 65.7 Å². The standard InChI is InChI=1S/C14H24N2O3/c1-5-18-9-11(8-16-3)19-13-7-14(17-4)12(15)6-10(13)2/h6-7,11,16H,5,8-9,15H2,1-4H3. The zero-order valence-electron chi connectivity index (χ0n) is 12.2. The first-order valence-corrected chi connectivity index (χ1v) is 6.45. The molecule has 5 heteroatoms. The zero-order valence-corrected chi connectivity index (χ0v) is 12.2. The largest absolute Gasteiger partial charge is 0.494 e. The van der Waals surface area contributed by atoms with E-state index < -0.39 is 0 Å². The summed E-state index contributed by atoms with van der Waals surface area (Å²) in [5, 5.41) is 3.10. The average molecular weight is 268 g/mol. The van der Waals surface area contributed by atoms with Gasteiger partial charge in [-0.05, 0) is 32.5 Å². The summed E-state index contributed by atoms with van der Waals surface area (Å²) in [5.41, 5.74) is 7.45. The first-order chi connectivity index (χ1) is 9.12. The molecule has 108 valence electrons. The molecule has 1 rings (SSSR count). The molecule has 0 fully saturated rings. The number of ether oxygens (including phenoxy) is 3. The maximum absolute atomic E-state index is 5.96. The minimum absolute atomic E-state index is 0.0445. The van der Waals surface area contributed by atoms with Crippen LogP contribution >= 0.6 is 0 Å². The minimum Gasteiger partial charge on any atom is -0.494 e. The molecule has 19 heavy (non-hydrogen) atoms. The van der Waals surface area contributed by atoms with Crippen LogP contribution < -0.4 is 20.5 Å². The van der Waals surface area contributed by atoms with Gasteiger partial charge in [-0.1, -0.05) is 0 Å². The molecule has 0 heterocycles. The summed E-state index contributed by atoms with van der Waals surface area (Å²) in [5.74, 6) is 1.39. The van der Waals surface area contributed by atoms with Gasteiger partial charge in [0.05, 0.1) is 19.4 Å². The molecule has 0 spiro atoms. The summed E-state index contributed by atoms with van der Waals surface area (Å²) in [6, 6.07) is 3.67. The predicted molar refractivity (Wildman–Crippen MR) is 77.0 cm³/mol. The molecule has 0 saturated carbocycles. The summed E-state index contributed by atoms with van der Waals surface area (Å²) in [6.07, 6.45) is -0.0445. The van der Waals surface area contributed by atoms with Gasteiger partial charge < -0.3 is 25.3 Å². The first kappa shape index (κ1) is 15.6. The predicted octanol–water partition coefficient (Wildman–Crippen LogP) is 1.59. The van der Waals surface area contributed by atoms with E-state index in [4.69, 9.17) is 19.9 Å². The Morgan fingerprint density at radius 3 is 2.63 bits per heavy atom. The molecule has 0 aromatic heterocycles. The summed E-state index contributed by atoms with van der Waals surface area (Å²) < 4.78 is 16.6. The number of anilines is 1. The number of benzene rings is 1. The smallest absolute Gasteiger partial charge is 0.145 e. The molecule has 0 amide bonds. The summed E-state index contributed by atoms with van der Waals surface area (Å²) >= 11 is 0. The Kier molecular flexibility index (Phi) is 6.45. The van der Waals surface area contributed by atoms with Crippen molar-refractivity contribution in [2.24, 2.45) is 0 Å². The molecule has 0 aliphatic heterocycles. The molecule has 1 atom stereocenters. The van der Waals surface area contributed by atoms with Crippen LogP contribution in [0.2, 0.25) is 0 Å². The molecule has 0 radical (unpaired) electrons. The van der Waals surface area contributed by atoms with E-state index in [-0.39, 0.29) is 6.10 Å². The monoisotopic (exact) mass is 268 g/mol. The lowest BCUT2D eigenvalue weighted by Gasteiger charge is -2.21. The van der Waals surface area contributed by atoms with Crippen LogP contribution in [-0.4, -0.2) is 40.0 Å². The molecule has 1 aromatic rings. The van der Waals surface area contributed by atoms with E-state index in [2.05, 4.69) is 5.32 Å². The van der Waals surface area contributed by atoms with Gasteiger partial charge in [-0.25, -0.2) is 0 Å². The molecule has 3 N–H and O–H groups in total. The van der Waals surface area contributed by atoms with Crippen molar-refractivity contribution in [3.63, 3.8) is 0 Å². The van der Waals surface area contributed by atoms with Crippen molar-refractivity contribution in [2.75, 3.05) is 39.6 Å². The number of hydrogen-bond donors (Lipinski definition) is 2. The number of methoxy groups -OCH3 is 1. The zero-order chi connectivity index (χ0) is 14.3. The second kappa shape index (κ2) is 7.86. The Balaban J connectivity index is 2.82. The van der Waals surface area contributed by atoms with Gasteiger partial charge >= 0.3 is 0 Å². The van der Waals surface area contributed by atoms with Crippen molar-refractivity contribution in [1.82, 2.24) is 5.32 Å². The minimum atomic E-state index is -0.0445. The number of nitrogens with one attached hydrogen (secondary N) is 1. The first-order valence-electron chi connectivity index (χ1n) is 6.45. The highest BCUT2D eigenvalue weighted by Crippen LogP contribution is 2.30. The van der Waals surface area contributed by atoms with E-state index in [1.165, 1.54) is 0 Å². The van der Waals surface area contributed by atoms with Gasteiger partial charge in [0.1, 0.15) is 17.6 Å². The van der Waals surface area contributed by atoms with Gasteiger partial charge in [0.2, 0.25) is 0 Å². The Morgan fingerprint density at radius 1 is 1.32 bits per heavy atom. The molecular formula is C14H24N2O3. The molecular weight excluding hydrogens is 244 g/mol. The lowest BCUT2D eigenvalue weighted by atomic mass is 10.2. The fraction of sp³-hybridized carbons (Fsp3) is 0.571. The number of hydrogen-bond acceptors (Lipinski definition) is 5. The average Bonchev–Trinajstić information content (AvgIpc) is 2.39. The second-order valence-electron chi connectivity index (χ2n) is 4.32. The third-order valence-electron chi connectivity index (χ3n) is 2.76. The van der Waals surface area contributed by atoms with Crippen molar-refractivity contribution >= 4 is 5.69 Å². The van der Waals surface area contributed by atoms with Gasteiger partial charge in [0.15, 0.2) is 0 Å². The molecule has 1 aromatic carbocycles. The van der Waals surface area contributed by atoms with Crippen molar-refractivity contribution < 1.29 is 14.2 Å². The Morgan fingerprint density at radius 2 is 2.05 bits per heavy atom. The van der Waals surface area contributed by atoms with Crippen molar-refractivity contribution in [3.8, 4) is 11.5 Å². The molecule has 0 aliphatic rings. The fourth-order valence-electron chi connectivity index (χ4n) is 1.79. The fourth-order valence-corrected chi connectivity index (χ4v) is 1.79. The van der Waals surface area contributed by atoms with E-state index in [1.54, 1.807) is 7.11 Å². The summed E-state index contributed by atoms with van der Waals surface area (Å²) in [4.78, 5) is 0. The van der Waals surface area contributed by atoms with Gasteiger partial charge in [-0.15, -0.1) is 0 Å². The van der Waals surface area contributed by atoms with Crippen LogP contribution in [0.15, 0.2) is 12.1 Å². The van der Waals surface area contributed by atoms with Gasteiger partial charge in [0, 0.05) is 19.2 Å². The van der Waals surface area contributed by atoms with Crippen molar-refractivity contribution in [2.45, 2.75) is 20.0 Å². The highest BCUT2D eigenvalue weighted by Gasteiger charge is 2.13. The van der Waals surface area contributed by atoms with Crippen LogP contribution in [0.4, 0.5) is 5.69 Å². The Bertz CT molecular complexity index is 397. The highest BCUT2D eigenvalue weighted by atomic mass is 16.5. The second-order valence-corrected chi connectivity index (χ2v) is 4.32. The maximum atomic E-state index is 5.96. The molecule has 1 unspecified atom stereocenters. The van der Waals surface area contributed by atoms with Gasteiger partial charge in [0.25, 0.3) is 0 Å². The van der Waals surface area contributed by atoms with E-state index in [0.717, 1.165) is 11.3 Å². The van der Waals surface area contributed by atoms with E-state index in [9.17, 15) is 0 Å². The van der Waals surface area contributed by atoms with Gasteiger partial charge in [-0.2, -0.15) is 0 Å². The van der Waals surface area contributed by atoms with Crippen LogP contribution in [0.3, 0.4) is 0 Å². The van der Waals surface area contributed by atoms with E-state index in [1.807, 2.05) is 33.0 Å². The summed E-state index contributed by atoms with van der Waals surface area (Å²) in [6.45, 7) is 5.86. The third-order valence-corrected chi connectivity index (χ3v) is 2.76. The quantitative estimate of drug-likeness (QED) is 0.701. The number of nitrogen functional groups attached to an aromatic ring is 1. The number of aryl methyl sites for hydroxylation is 1. The van der Waals surface area contributed by atoms with Crippen LogP contribution in [0, 0.1) is 6.92 Å². The van der Waals surface area contributed by atoms with Gasteiger partial charge in [-0.3, -0.25) is 0 Å². The third kappa shape index (κ3) is 4.61. The lowest BCUT2D eigenvalue weighted by molar-refractivity contribution is 0.0570. The van der Waals surface area contributed by atoms with Crippen LogP contribution in [0.1, 0.15) is 12.5 Å². The van der Waals surface area contributed by atoms with Crippen LogP contribution in [0.25, 0.3) is 0 Å². The number of nitrogens with two attached hydrogens (primary N) is 1. The van der Waals surface area contributed by atoms with E-state index >= 15 is 0 Å².